The summed E-state index contributed by atoms with van der Waals surface area (Å²) < 4.78 is 0. The molecule has 2 aromatic carbocycles. The van der Waals surface area contributed by atoms with Gasteiger partial charge in [-0.15, -0.1) is 0 Å². The second-order valence-corrected chi connectivity index (χ2v) is 7.03. The van der Waals surface area contributed by atoms with Crippen molar-refractivity contribution in [3.05, 3.63) is 70.3 Å². The largest absolute Gasteiger partial charge is 0.0918 e. The van der Waals surface area contributed by atoms with Gasteiger partial charge < -0.3 is 0 Å². The Balaban J connectivity index is 2.07. The minimum absolute atomic E-state index is 0.256. The SMILES string of the molecule is Cc1cccc(C)c1CC1(CBr)CCCc2ccccc21. The maximum atomic E-state index is 3.84. The summed E-state index contributed by atoms with van der Waals surface area (Å²) in [6, 6.07) is 15.7. The van der Waals surface area contributed by atoms with E-state index in [-0.39, 0.29) is 5.41 Å². The first-order valence-electron chi connectivity index (χ1n) is 7.86. The molecule has 1 atom stereocenters. The highest BCUT2D eigenvalue weighted by Gasteiger charge is 2.36. The fourth-order valence-electron chi connectivity index (χ4n) is 3.84. The van der Waals surface area contributed by atoms with Crippen LogP contribution in [0, 0.1) is 13.8 Å². The number of fused-ring (bicyclic) bond motifs is 1. The van der Waals surface area contributed by atoms with Crippen LogP contribution in [0.15, 0.2) is 42.5 Å². The van der Waals surface area contributed by atoms with Gasteiger partial charge in [0.25, 0.3) is 0 Å². The molecule has 0 aliphatic heterocycles. The van der Waals surface area contributed by atoms with Gasteiger partial charge >= 0.3 is 0 Å². The molecule has 21 heavy (non-hydrogen) atoms. The summed E-state index contributed by atoms with van der Waals surface area (Å²) in [6.45, 7) is 4.50. The van der Waals surface area contributed by atoms with Crippen LogP contribution in [0.3, 0.4) is 0 Å². The molecule has 1 aliphatic carbocycles. The Morgan fingerprint density at radius 3 is 2.43 bits per heavy atom. The average molecular weight is 343 g/mol. The van der Waals surface area contributed by atoms with E-state index in [0.717, 1.165) is 11.8 Å². The van der Waals surface area contributed by atoms with Gasteiger partial charge in [-0.25, -0.2) is 0 Å². The van der Waals surface area contributed by atoms with Gasteiger partial charge in [-0.3, -0.25) is 0 Å². The third-order valence-electron chi connectivity index (χ3n) is 5.11. The first kappa shape index (κ1) is 14.8. The van der Waals surface area contributed by atoms with Gasteiger partial charge in [0, 0.05) is 10.7 Å². The summed E-state index contributed by atoms with van der Waals surface area (Å²) in [6.07, 6.45) is 4.96. The maximum absolute atomic E-state index is 3.84. The lowest BCUT2D eigenvalue weighted by Gasteiger charge is -2.39. The summed E-state index contributed by atoms with van der Waals surface area (Å²) in [4.78, 5) is 0. The lowest BCUT2D eigenvalue weighted by atomic mass is 9.67. The van der Waals surface area contributed by atoms with Crippen LogP contribution in [-0.4, -0.2) is 5.33 Å². The molecule has 3 rings (SSSR count). The molecule has 0 saturated carbocycles. The van der Waals surface area contributed by atoms with E-state index < -0.39 is 0 Å². The molecule has 1 aliphatic rings. The van der Waals surface area contributed by atoms with Crippen molar-refractivity contribution in [2.24, 2.45) is 0 Å². The molecule has 1 heteroatoms. The molecule has 0 aromatic heterocycles. The summed E-state index contributed by atoms with van der Waals surface area (Å²) >= 11 is 3.84. The zero-order valence-corrected chi connectivity index (χ0v) is 14.5. The highest BCUT2D eigenvalue weighted by molar-refractivity contribution is 9.09. The second kappa shape index (κ2) is 5.96. The topological polar surface area (TPSA) is 0 Å². The van der Waals surface area contributed by atoms with Crippen LogP contribution in [0.2, 0.25) is 0 Å². The molecule has 0 fully saturated rings. The van der Waals surface area contributed by atoms with Crippen molar-refractivity contribution in [3.63, 3.8) is 0 Å². The van der Waals surface area contributed by atoms with Gasteiger partial charge in [0.1, 0.15) is 0 Å². The van der Waals surface area contributed by atoms with E-state index in [1.165, 1.54) is 36.0 Å². The molecular weight excluding hydrogens is 320 g/mol. The van der Waals surface area contributed by atoms with E-state index in [1.54, 1.807) is 11.1 Å². The van der Waals surface area contributed by atoms with Gasteiger partial charge in [-0.05, 0) is 67.3 Å². The van der Waals surface area contributed by atoms with Gasteiger partial charge in [-0.2, -0.15) is 0 Å². The van der Waals surface area contributed by atoms with E-state index >= 15 is 0 Å². The summed E-state index contributed by atoms with van der Waals surface area (Å²) in [5.74, 6) is 0. The van der Waals surface area contributed by atoms with Crippen LogP contribution in [0.25, 0.3) is 0 Å². The fraction of sp³-hybridized carbons (Fsp3) is 0.400. The Bertz CT molecular complexity index is 624. The molecule has 0 bridgehead atoms. The first-order chi connectivity index (χ1) is 10.2. The highest BCUT2D eigenvalue weighted by atomic mass is 79.9. The predicted molar refractivity (Wildman–Crippen MR) is 94.5 cm³/mol. The van der Waals surface area contributed by atoms with Crippen LogP contribution in [0.4, 0.5) is 0 Å². The van der Waals surface area contributed by atoms with Crippen molar-refractivity contribution in [3.8, 4) is 0 Å². The quantitative estimate of drug-likeness (QED) is 0.644. The molecule has 0 radical (unpaired) electrons. The number of hydrogen-bond acceptors (Lipinski definition) is 0. The number of benzene rings is 2. The molecule has 110 valence electrons. The maximum Gasteiger partial charge on any atom is 0.0132 e. The van der Waals surface area contributed by atoms with E-state index in [0.29, 0.717) is 0 Å². The molecule has 0 amide bonds. The molecule has 1 unspecified atom stereocenters. The summed E-state index contributed by atoms with van der Waals surface area (Å²) in [5.41, 5.74) is 7.77. The van der Waals surface area contributed by atoms with Crippen LogP contribution in [-0.2, 0) is 18.3 Å². The molecule has 2 aromatic rings. The Labute approximate surface area is 136 Å². The van der Waals surface area contributed by atoms with E-state index in [9.17, 15) is 0 Å². The van der Waals surface area contributed by atoms with Crippen molar-refractivity contribution in [1.82, 2.24) is 0 Å². The Morgan fingerprint density at radius 2 is 1.71 bits per heavy atom. The highest BCUT2D eigenvalue weighted by Crippen LogP contribution is 2.42. The lowest BCUT2D eigenvalue weighted by Crippen LogP contribution is -2.35. The van der Waals surface area contributed by atoms with E-state index in [2.05, 4.69) is 72.2 Å². The number of hydrogen-bond donors (Lipinski definition) is 0. The number of alkyl halides is 1. The van der Waals surface area contributed by atoms with Crippen molar-refractivity contribution in [1.29, 1.82) is 0 Å². The normalized spacial score (nSPS) is 21.1. The minimum Gasteiger partial charge on any atom is -0.0918 e. The predicted octanol–water partition coefficient (Wildman–Crippen LogP) is 5.52. The van der Waals surface area contributed by atoms with Crippen molar-refractivity contribution >= 4 is 15.9 Å². The molecule has 0 heterocycles. The molecule has 0 spiro atoms. The smallest absolute Gasteiger partial charge is 0.0132 e. The van der Waals surface area contributed by atoms with Crippen molar-refractivity contribution in [2.45, 2.75) is 44.9 Å². The average Bonchev–Trinajstić information content (AvgIpc) is 2.51. The monoisotopic (exact) mass is 342 g/mol. The molecule has 0 N–H and O–H groups in total. The zero-order valence-electron chi connectivity index (χ0n) is 13.0. The zero-order chi connectivity index (χ0) is 14.9. The second-order valence-electron chi connectivity index (χ2n) is 6.47. The van der Waals surface area contributed by atoms with E-state index in [4.69, 9.17) is 0 Å². The molecule has 0 nitrogen and oxygen atoms in total. The Hall–Kier alpha value is -1.08. The molecule has 0 saturated heterocycles. The molecular formula is C20H23Br. The summed E-state index contributed by atoms with van der Waals surface area (Å²) in [5, 5.41) is 1.05. The van der Waals surface area contributed by atoms with E-state index in [1.807, 2.05) is 0 Å². The lowest BCUT2D eigenvalue weighted by molar-refractivity contribution is 0.400. The summed E-state index contributed by atoms with van der Waals surface area (Å²) in [7, 11) is 0. The van der Waals surface area contributed by atoms with Gasteiger partial charge in [0.2, 0.25) is 0 Å². The van der Waals surface area contributed by atoms with Crippen LogP contribution in [0.5, 0.6) is 0 Å². The number of aryl methyl sites for hydroxylation is 3. The van der Waals surface area contributed by atoms with Gasteiger partial charge in [-0.1, -0.05) is 58.4 Å². The third kappa shape index (κ3) is 2.68. The minimum atomic E-state index is 0.256. The van der Waals surface area contributed by atoms with Crippen LogP contribution in [0.1, 0.15) is 40.7 Å². The van der Waals surface area contributed by atoms with Gasteiger partial charge in [0.05, 0.1) is 0 Å². The fourth-order valence-corrected chi connectivity index (χ4v) is 4.62. The van der Waals surface area contributed by atoms with Crippen molar-refractivity contribution in [2.75, 3.05) is 5.33 Å². The first-order valence-corrected chi connectivity index (χ1v) is 8.98. The van der Waals surface area contributed by atoms with Crippen molar-refractivity contribution < 1.29 is 0 Å². The standard InChI is InChI=1S/C20H23Br/c1-15-7-5-8-16(2)18(15)13-20(14-21)12-6-10-17-9-3-4-11-19(17)20/h3-5,7-9,11H,6,10,12-14H2,1-2H3. The number of halogens is 1. The van der Waals surface area contributed by atoms with Crippen LogP contribution >= 0.6 is 15.9 Å². The third-order valence-corrected chi connectivity index (χ3v) is 6.18. The van der Waals surface area contributed by atoms with Crippen LogP contribution < -0.4 is 0 Å². The Morgan fingerprint density at radius 1 is 1.00 bits per heavy atom. The number of rotatable bonds is 3. The van der Waals surface area contributed by atoms with Gasteiger partial charge in [0.15, 0.2) is 0 Å². The Kier molecular flexibility index (Phi) is 4.21.